The molecule has 0 bridgehead atoms. The molecule has 1 aliphatic rings. The number of ketones is 1. The van der Waals surface area contributed by atoms with Gasteiger partial charge in [-0.2, -0.15) is 0 Å². The number of hydrogen-bond acceptors (Lipinski definition) is 2. The normalized spacial score (nSPS) is 22.9. The fourth-order valence-electron chi connectivity index (χ4n) is 2.00. The number of rotatable bonds is 3. The van der Waals surface area contributed by atoms with Gasteiger partial charge in [0.2, 0.25) is 0 Å². The molecule has 1 aliphatic carbocycles. The molecular weight excluding hydrogens is 200 g/mol. The Morgan fingerprint density at radius 1 is 1.50 bits per heavy atom. The number of hydrogen-bond donors (Lipinski definition) is 1. The van der Waals surface area contributed by atoms with E-state index >= 15 is 0 Å². The van der Waals surface area contributed by atoms with E-state index in [1.54, 1.807) is 12.2 Å². The lowest BCUT2D eigenvalue weighted by Gasteiger charge is -2.12. The van der Waals surface area contributed by atoms with E-state index in [0.717, 1.165) is 31.3 Å². The largest absolute Gasteiger partial charge is 0.388 e. The molecule has 0 saturated carbocycles. The molecule has 1 rings (SSSR count). The first-order chi connectivity index (χ1) is 7.56. The van der Waals surface area contributed by atoms with Crippen molar-refractivity contribution in [3.8, 4) is 0 Å². The zero-order valence-electron chi connectivity index (χ0n) is 10.1. The highest BCUT2D eigenvalue weighted by atomic mass is 16.3. The minimum atomic E-state index is -0.434. The fourth-order valence-corrected chi connectivity index (χ4v) is 2.00. The Kier molecular flexibility index (Phi) is 4.69. The monoisotopic (exact) mass is 220 g/mol. The van der Waals surface area contributed by atoms with Crippen molar-refractivity contribution in [3.05, 3.63) is 35.5 Å². The Balaban J connectivity index is 3.07. The molecule has 0 aromatic rings. The maximum atomic E-state index is 11.3. The molecule has 0 radical (unpaired) electrons. The van der Waals surface area contributed by atoms with Gasteiger partial charge in [-0.1, -0.05) is 24.6 Å². The van der Waals surface area contributed by atoms with Crippen molar-refractivity contribution >= 4 is 5.78 Å². The molecule has 2 nitrogen and oxygen atoms in total. The van der Waals surface area contributed by atoms with Crippen LogP contribution in [0.1, 0.15) is 39.5 Å². The third-order valence-corrected chi connectivity index (χ3v) is 3.07. The zero-order valence-corrected chi connectivity index (χ0v) is 10.1. The zero-order chi connectivity index (χ0) is 12.1. The SMILES string of the molecule is C=C/C(=C\C1=C(C)CCCCC1O)C(C)=O. The number of aliphatic hydroxyl groups excluding tert-OH is 1. The first-order valence-electron chi connectivity index (χ1n) is 5.79. The molecule has 1 unspecified atom stereocenters. The molecule has 0 heterocycles. The summed E-state index contributed by atoms with van der Waals surface area (Å²) in [6.45, 7) is 7.18. The van der Waals surface area contributed by atoms with Crippen LogP contribution in [0.4, 0.5) is 0 Å². The lowest BCUT2D eigenvalue weighted by Crippen LogP contribution is -2.10. The highest BCUT2D eigenvalue weighted by molar-refractivity contribution is 5.96. The summed E-state index contributed by atoms with van der Waals surface area (Å²) < 4.78 is 0. The first kappa shape index (κ1) is 12.9. The van der Waals surface area contributed by atoms with Crippen molar-refractivity contribution in [2.45, 2.75) is 45.6 Å². The average Bonchev–Trinajstić information content (AvgIpc) is 2.38. The van der Waals surface area contributed by atoms with Crippen LogP contribution in [0.5, 0.6) is 0 Å². The van der Waals surface area contributed by atoms with Gasteiger partial charge in [0.1, 0.15) is 0 Å². The van der Waals surface area contributed by atoms with Crippen LogP contribution < -0.4 is 0 Å². The minimum Gasteiger partial charge on any atom is -0.388 e. The number of aliphatic hydroxyl groups is 1. The molecule has 0 amide bonds. The average molecular weight is 220 g/mol. The number of carbonyl (C=O) groups excluding carboxylic acids is 1. The summed E-state index contributed by atoms with van der Waals surface area (Å²) in [4.78, 5) is 11.3. The van der Waals surface area contributed by atoms with E-state index in [2.05, 4.69) is 6.58 Å². The van der Waals surface area contributed by atoms with E-state index in [1.807, 2.05) is 6.92 Å². The van der Waals surface area contributed by atoms with Crippen LogP contribution in [0.2, 0.25) is 0 Å². The molecule has 0 aromatic heterocycles. The summed E-state index contributed by atoms with van der Waals surface area (Å²) in [7, 11) is 0. The fraction of sp³-hybridized carbons (Fsp3) is 0.500. The summed E-state index contributed by atoms with van der Waals surface area (Å²) in [6, 6.07) is 0. The summed E-state index contributed by atoms with van der Waals surface area (Å²) in [6.07, 6.45) is 6.86. The van der Waals surface area contributed by atoms with Crippen molar-refractivity contribution in [2.24, 2.45) is 0 Å². The summed E-state index contributed by atoms with van der Waals surface area (Å²) in [5.74, 6) is -0.00764. The van der Waals surface area contributed by atoms with Crippen molar-refractivity contribution in [2.75, 3.05) is 0 Å². The quantitative estimate of drug-likeness (QED) is 0.586. The predicted octanol–water partition coefficient (Wildman–Crippen LogP) is 2.94. The van der Waals surface area contributed by atoms with Crippen molar-refractivity contribution < 1.29 is 9.90 Å². The Hall–Kier alpha value is -1.15. The van der Waals surface area contributed by atoms with Gasteiger partial charge in [-0.3, -0.25) is 4.79 Å². The van der Waals surface area contributed by atoms with Gasteiger partial charge in [0.25, 0.3) is 0 Å². The molecule has 0 aliphatic heterocycles. The molecule has 0 aromatic carbocycles. The predicted molar refractivity (Wildman–Crippen MR) is 66.1 cm³/mol. The van der Waals surface area contributed by atoms with Crippen LogP contribution in [0.15, 0.2) is 35.5 Å². The van der Waals surface area contributed by atoms with Crippen molar-refractivity contribution in [1.82, 2.24) is 0 Å². The van der Waals surface area contributed by atoms with Gasteiger partial charge in [-0.25, -0.2) is 0 Å². The van der Waals surface area contributed by atoms with Crippen LogP contribution in [0.3, 0.4) is 0 Å². The van der Waals surface area contributed by atoms with Gasteiger partial charge in [-0.05, 0) is 44.8 Å². The Morgan fingerprint density at radius 3 is 2.75 bits per heavy atom. The standard InChI is InChI=1S/C14H20O2/c1-4-12(11(3)15)9-13-10(2)7-5-6-8-14(13)16/h4,9,14,16H,1,5-8H2,2-3H3/b12-9+. The second kappa shape index (κ2) is 5.80. The van der Waals surface area contributed by atoms with Crippen molar-refractivity contribution in [1.29, 1.82) is 0 Å². The van der Waals surface area contributed by atoms with E-state index in [1.165, 1.54) is 12.5 Å². The number of allylic oxidation sites excluding steroid dienone is 3. The maximum Gasteiger partial charge on any atom is 0.159 e. The van der Waals surface area contributed by atoms with E-state index < -0.39 is 6.10 Å². The molecule has 1 atom stereocenters. The third-order valence-electron chi connectivity index (χ3n) is 3.07. The van der Waals surface area contributed by atoms with Gasteiger partial charge in [0.05, 0.1) is 6.10 Å². The van der Waals surface area contributed by atoms with Crippen LogP contribution in [-0.2, 0) is 4.79 Å². The van der Waals surface area contributed by atoms with E-state index in [9.17, 15) is 9.90 Å². The van der Waals surface area contributed by atoms with Gasteiger partial charge < -0.3 is 5.11 Å². The maximum absolute atomic E-state index is 11.3. The highest BCUT2D eigenvalue weighted by Crippen LogP contribution is 2.25. The number of carbonyl (C=O) groups is 1. The second-order valence-electron chi connectivity index (χ2n) is 4.36. The topological polar surface area (TPSA) is 37.3 Å². The molecule has 0 spiro atoms. The lowest BCUT2D eigenvalue weighted by molar-refractivity contribution is -0.113. The molecule has 88 valence electrons. The Bertz CT molecular complexity index is 348. The smallest absolute Gasteiger partial charge is 0.159 e. The molecular formula is C14H20O2. The molecule has 1 N–H and O–H groups in total. The van der Waals surface area contributed by atoms with Gasteiger partial charge in [0.15, 0.2) is 5.78 Å². The summed E-state index contributed by atoms with van der Waals surface area (Å²) in [5, 5.41) is 10.00. The Morgan fingerprint density at radius 2 is 2.19 bits per heavy atom. The lowest BCUT2D eigenvalue weighted by atomic mass is 9.98. The van der Waals surface area contributed by atoms with Gasteiger partial charge in [0, 0.05) is 5.57 Å². The van der Waals surface area contributed by atoms with Gasteiger partial charge >= 0.3 is 0 Å². The Labute approximate surface area is 97.4 Å². The second-order valence-corrected chi connectivity index (χ2v) is 4.36. The summed E-state index contributed by atoms with van der Waals surface area (Å²) in [5.41, 5.74) is 2.67. The molecule has 16 heavy (non-hydrogen) atoms. The van der Waals surface area contributed by atoms with Gasteiger partial charge in [-0.15, -0.1) is 0 Å². The van der Waals surface area contributed by atoms with Crippen LogP contribution >= 0.6 is 0 Å². The van der Waals surface area contributed by atoms with Crippen LogP contribution in [0.25, 0.3) is 0 Å². The molecule has 0 saturated heterocycles. The van der Waals surface area contributed by atoms with Crippen LogP contribution in [0, 0.1) is 0 Å². The van der Waals surface area contributed by atoms with Crippen molar-refractivity contribution in [3.63, 3.8) is 0 Å². The van der Waals surface area contributed by atoms with E-state index in [4.69, 9.17) is 0 Å². The van der Waals surface area contributed by atoms with Crippen LogP contribution in [-0.4, -0.2) is 17.0 Å². The molecule has 2 heteroatoms. The summed E-state index contributed by atoms with van der Waals surface area (Å²) >= 11 is 0. The first-order valence-corrected chi connectivity index (χ1v) is 5.79. The number of Topliss-reactive ketones (excluding diaryl/α,β-unsaturated/α-hetero) is 1. The third kappa shape index (κ3) is 3.17. The van der Waals surface area contributed by atoms with E-state index in [0.29, 0.717) is 5.57 Å². The minimum absolute atomic E-state index is 0.00764. The van der Waals surface area contributed by atoms with E-state index in [-0.39, 0.29) is 5.78 Å². The molecule has 0 fully saturated rings. The highest BCUT2D eigenvalue weighted by Gasteiger charge is 2.16.